The van der Waals surface area contributed by atoms with Crippen LogP contribution in [0.2, 0.25) is 5.02 Å². The number of hydrogen-bond acceptors (Lipinski definition) is 7. The largest absolute Gasteiger partial charge is 0.470 e. The van der Waals surface area contributed by atoms with Gasteiger partial charge in [-0.2, -0.15) is 4.98 Å². The molecule has 9 nitrogen and oxygen atoms in total. The summed E-state index contributed by atoms with van der Waals surface area (Å²) in [4.78, 5) is 30.4. The van der Waals surface area contributed by atoms with Gasteiger partial charge in [0.05, 0.1) is 30.3 Å². The number of hydrogen-bond donors (Lipinski definition) is 2. The molecule has 4 aromatic rings. The Labute approximate surface area is 213 Å². The first-order chi connectivity index (χ1) is 17.3. The maximum Gasteiger partial charge on any atom is 0.245 e. The molecule has 2 N–H and O–H groups in total. The van der Waals surface area contributed by atoms with Crippen molar-refractivity contribution < 1.29 is 14.6 Å². The molecule has 10 heteroatoms. The molecule has 3 aromatic heterocycles. The Morgan fingerprint density at radius 1 is 1.22 bits per heavy atom. The second-order valence-electron chi connectivity index (χ2n) is 9.31. The second kappa shape index (κ2) is 9.83. The second-order valence-corrected chi connectivity index (χ2v) is 9.72. The van der Waals surface area contributed by atoms with Crippen LogP contribution in [0.4, 0.5) is 0 Å². The highest BCUT2D eigenvalue weighted by Gasteiger charge is 2.41. The maximum absolute atomic E-state index is 12.1. The highest BCUT2D eigenvalue weighted by molar-refractivity contribution is 6.33. The lowest BCUT2D eigenvalue weighted by Crippen LogP contribution is -2.27. The Kier molecular flexibility index (Phi) is 6.59. The molecule has 0 radical (unpaired) electrons. The Bertz CT molecular complexity index is 1430. The monoisotopic (exact) mass is 506 g/mol. The predicted molar refractivity (Wildman–Crippen MR) is 136 cm³/mol. The number of rotatable bonds is 9. The van der Waals surface area contributed by atoms with E-state index in [4.69, 9.17) is 26.4 Å². The minimum atomic E-state index is -0.223. The van der Waals surface area contributed by atoms with Gasteiger partial charge in [-0.3, -0.25) is 9.78 Å². The van der Waals surface area contributed by atoms with Crippen LogP contribution in [0, 0.1) is 6.92 Å². The smallest absolute Gasteiger partial charge is 0.245 e. The first-order valence-corrected chi connectivity index (χ1v) is 12.2. The number of carbonyl (C=O) groups is 1. The summed E-state index contributed by atoms with van der Waals surface area (Å²) in [6, 6.07) is 9.44. The standard InChI is InChI=1S/C26H27ClN6O3/c1-16-5-8-28-18(11-16)14-33-23(19-4-3-17(12-20(19)27)13-21(35)29-9-10-34)32-22-24(33)30-15-31-25(22)36-26(2)6-7-26/h3-5,8,11-12,15,34H,6-7,9-10,13-14H2,1-2H3,(H,29,35). The first-order valence-electron chi connectivity index (χ1n) is 11.8. The van der Waals surface area contributed by atoms with E-state index in [-0.39, 0.29) is 31.1 Å². The van der Waals surface area contributed by atoms with Crippen molar-refractivity contribution in [1.82, 2.24) is 29.8 Å². The van der Waals surface area contributed by atoms with Gasteiger partial charge in [-0.15, -0.1) is 0 Å². The van der Waals surface area contributed by atoms with Crippen LogP contribution in [-0.2, 0) is 17.8 Å². The van der Waals surface area contributed by atoms with Crippen molar-refractivity contribution in [3.63, 3.8) is 0 Å². The lowest BCUT2D eigenvalue weighted by molar-refractivity contribution is -0.120. The summed E-state index contributed by atoms with van der Waals surface area (Å²) < 4.78 is 8.16. The van der Waals surface area contributed by atoms with Gasteiger partial charge in [0, 0.05) is 18.3 Å². The van der Waals surface area contributed by atoms with Crippen LogP contribution >= 0.6 is 11.6 Å². The van der Waals surface area contributed by atoms with Crippen molar-refractivity contribution in [1.29, 1.82) is 0 Å². The van der Waals surface area contributed by atoms with Crippen LogP contribution in [0.15, 0.2) is 42.9 Å². The molecule has 0 bridgehead atoms. The summed E-state index contributed by atoms with van der Waals surface area (Å²) >= 11 is 6.73. The summed E-state index contributed by atoms with van der Waals surface area (Å²) in [7, 11) is 0. The van der Waals surface area contributed by atoms with E-state index in [1.54, 1.807) is 12.3 Å². The van der Waals surface area contributed by atoms with Crippen molar-refractivity contribution in [2.75, 3.05) is 13.2 Å². The Morgan fingerprint density at radius 3 is 2.78 bits per heavy atom. The third-order valence-electron chi connectivity index (χ3n) is 6.16. The van der Waals surface area contributed by atoms with Crippen LogP contribution in [-0.4, -0.2) is 54.3 Å². The molecule has 3 heterocycles. The van der Waals surface area contributed by atoms with E-state index in [2.05, 4.69) is 27.2 Å². The predicted octanol–water partition coefficient (Wildman–Crippen LogP) is 3.48. The first kappa shape index (κ1) is 24.1. The molecule has 1 fully saturated rings. The van der Waals surface area contributed by atoms with Gasteiger partial charge >= 0.3 is 0 Å². The van der Waals surface area contributed by atoms with Crippen LogP contribution in [0.1, 0.15) is 36.6 Å². The van der Waals surface area contributed by atoms with Crippen LogP contribution in [0.3, 0.4) is 0 Å². The lowest BCUT2D eigenvalue weighted by atomic mass is 10.1. The number of ether oxygens (including phenoxy) is 1. The molecule has 186 valence electrons. The number of halogens is 1. The lowest BCUT2D eigenvalue weighted by Gasteiger charge is -2.12. The van der Waals surface area contributed by atoms with Crippen molar-refractivity contribution in [3.05, 3.63) is 64.7 Å². The number of nitrogens with one attached hydrogen (secondary N) is 1. The minimum Gasteiger partial charge on any atom is -0.470 e. The molecule has 1 amide bonds. The number of aliphatic hydroxyl groups is 1. The van der Waals surface area contributed by atoms with E-state index in [9.17, 15) is 4.79 Å². The van der Waals surface area contributed by atoms with Gasteiger partial charge < -0.3 is 19.7 Å². The zero-order valence-corrected chi connectivity index (χ0v) is 20.9. The van der Waals surface area contributed by atoms with Gasteiger partial charge in [-0.1, -0.05) is 17.7 Å². The van der Waals surface area contributed by atoms with E-state index in [0.29, 0.717) is 40.0 Å². The van der Waals surface area contributed by atoms with Crippen molar-refractivity contribution in [3.8, 4) is 17.3 Å². The number of benzene rings is 1. The molecule has 0 unspecified atom stereocenters. The number of pyridine rings is 1. The zero-order chi connectivity index (χ0) is 25.3. The van der Waals surface area contributed by atoms with Crippen LogP contribution in [0.5, 0.6) is 5.88 Å². The quantitative estimate of drug-likeness (QED) is 0.357. The van der Waals surface area contributed by atoms with Gasteiger partial charge in [0.1, 0.15) is 17.8 Å². The fourth-order valence-corrected chi connectivity index (χ4v) is 4.29. The van der Waals surface area contributed by atoms with Crippen LogP contribution in [0.25, 0.3) is 22.6 Å². The number of amides is 1. The molecule has 1 aromatic carbocycles. The third kappa shape index (κ3) is 5.17. The Morgan fingerprint density at radius 2 is 2.06 bits per heavy atom. The topological polar surface area (TPSA) is 115 Å². The van der Waals surface area contributed by atoms with E-state index in [1.165, 1.54) is 6.33 Å². The maximum atomic E-state index is 12.1. The fraction of sp³-hybridized carbons (Fsp3) is 0.346. The van der Waals surface area contributed by atoms with Gasteiger partial charge in [-0.05, 0) is 62.1 Å². The Balaban J connectivity index is 1.57. The van der Waals surface area contributed by atoms with Crippen molar-refractivity contribution >= 4 is 28.7 Å². The number of aryl methyl sites for hydroxylation is 1. The van der Waals surface area contributed by atoms with Gasteiger partial charge in [0.2, 0.25) is 11.8 Å². The van der Waals surface area contributed by atoms with Gasteiger partial charge in [0.15, 0.2) is 11.2 Å². The molecule has 36 heavy (non-hydrogen) atoms. The minimum absolute atomic E-state index is 0.106. The van der Waals surface area contributed by atoms with E-state index < -0.39 is 0 Å². The molecule has 1 aliphatic rings. The van der Waals surface area contributed by atoms with E-state index >= 15 is 0 Å². The summed E-state index contributed by atoms with van der Waals surface area (Å²) in [6.45, 7) is 4.62. The molecular formula is C26H27ClN6O3. The third-order valence-corrected chi connectivity index (χ3v) is 6.47. The van der Waals surface area contributed by atoms with Crippen molar-refractivity contribution in [2.45, 2.75) is 45.3 Å². The average Bonchev–Trinajstić information content (AvgIpc) is 3.46. The zero-order valence-electron chi connectivity index (χ0n) is 20.2. The molecular weight excluding hydrogens is 480 g/mol. The summed E-state index contributed by atoms with van der Waals surface area (Å²) in [5.74, 6) is 0.877. The number of nitrogens with zero attached hydrogens (tertiary/aromatic N) is 5. The average molecular weight is 507 g/mol. The number of aliphatic hydroxyl groups excluding tert-OH is 1. The van der Waals surface area contributed by atoms with Crippen LogP contribution < -0.4 is 10.1 Å². The highest BCUT2D eigenvalue weighted by atomic mass is 35.5. The molecule has 0 atom stereocenters. The summed E-state index contributed by atoms with van der Waals surface area (Å²) in [5, 5.41) is 12.0. The molecule has 5 rings (SSSR count). The molecule has 1 aliphatic carbocycles. The summed E-state index contributed by atoms with van der Waals surface area (Å²) in [5.41, 5.74) is 4.40. The molecule has 1 saturated carbocycles. The van der Waals surface area contributed by atoms with E-state index in [0.717, 1.165) is 29.7 Å². The summed E-state index contributed by atoms with van der Waals surface area (Å²) in [6.07, 6.45) is 5.37. The SMILES string of the molecule is Cc1ccnc(Cn2c(-c3ccc(CC(=O)NCCO)cc3Cl)nc3c(OC4(C)CC4)ncnc32)c1. The normalized spacial score (nSPS) is 14.1. The number of imidazole rings is 1. The number of carbonyl (C=O) groups excluding carboxylic acids is 1. The van der Waals surface area contributed by atoms with Crippen molar-refractivity contribution in [2.24, 2.45) is 0 Å². The Hall–Kier alpha value is -3.56. The molecule has 0 spiro atoms. The van der Waals surface area contributed by atoms with Gasteiger partial charge in [-0.25, -0.2) is 9.97 Å². The highest BCUT2D eigenvalue weighted by Crippen LogP contribution is 2.41. The number of aromatic nitrogens is 5. The fourth-order valence-electron chi connectivity index (χ4n) is 4.00. The molecule has 0 saturated heterocycles. The molecule has 0 aliphatic heterocycles. The number of fused-ring (bicyclic) bond motifs is 1. The van der Waals surface area contributed by atoms with Gasteiger partial charge in [0.25, 0.3) is 0 Å². The van der Waals surface area contributed by atoms with E-state index in [1.807, 2.05) is 35.8 Å².